The van der Waals surface area contributed by atoms with Gasteiger partial charge in [-0.3, -0.25) is 0 Å². The van der Waals surface area contributed by atoms with E-state index in [1.165, 1.54) is 27.6 Å². The highest BCUT2D eigenvalue weighted by Gasteiger charge is 2.13. The van der Waals surface area contributed by atoms with Crippen LogP contribution in [0.3, 0.4) is 0 Å². The van der Waals surface area contributed by atoms with E-state index in [1.54, 1.807) is 0 Å². The third-order valence-corrected chi connectivity index (χ3v) is 5.00. The molecule has 1 N–H and O–H groups in total. The highest BCUT2D eigenvalue weighted by Crippen LogP contribution is 2.24. The van der Waals surface area contributed by atoms with Crippen LogP contribution in [0.5, 0.6) is 0 Å². The molecule has 1 aromatic heterocycles. The zero-order chi connectivity index (χ0) is 15.1. The van der Waals surface area contributed by atoms with E-state index in [0.717, 1.165) is 25.9 Å². The average Bonchev–Trinajstić information content (AvgIpc) is 2.82. The van der Waals surface area contributed by atoms with Gasteiger partial charge in [0.15, 0.2) is 0 Å². The second kappa shape index (κ2) is 8.30. The highest BCUT2D eigenvalue weighted by molar-refractivity contribution is 7.11. The van der Waals surface area contributed by atoms with Crippen molar-refractivity contribution in [3.63, 3.8) is 0 Å². The lowest BCUT2D eigenvalue weighted by Crippen LogP contribution is -2.22. The Labute approximate surface area is 132 Å². The van der Waals surface area contributed by atoms with Crippen molar-refractivity contribution in [2.75, 3.05) is 13.1 Å². The first-order valence-corrected chi connectivity index (χ1v) is 8.71. The van der Waals surface area contributed by atoms with E-state index < -0.39 is 0 Å². The summed E-state index contributed by atoms with van der Waals surface area (Å²) < 4.78 is 0. The van der Waals surface area contributed by atoms with Crippen LogP contribution < -0.4 is 5.32 Å². The Balaban J connectivity index is 1.98. The maximum Gasteiger partial charge on any atom is 0.0931 e. The molecule has 0 aliphatic carbocycles. The molecule has 0 aliphatic heterocycles. The molecule has 0 spiro atoms. The molecular formula is C18H26N2S. The Hall–Kier alpha value is -1.19. The van der Waals surface area contributed by atoms with Crippen LogP contribution in [-0.4, -0.2) is 18.1 Å². The second-order valence-corrected chi connectivity index (χ2v) is 6.89. The standard InChI is InChI=1S/C18H26N2S/c1-4-12-19-13-17(16-8-6-5-7-9-16)10-11-18-20-14(2)15(3)21-18/h5-9,17,19H,4,10-13H2,1-3H3. The van der Waals surface area contributed by atoms with Gasteiger partial charge in [0.05, 0.1) is 10.7 Å². The minimum absolute atomic E-state index is 0.572. The molecule has 2 rings (SSSR count). The topological polar surface area (TPSA) is 24.9 Å². The quantitative estimate of drug-likeness (QED) is 0.727. The van der Waals surface area contributed by atoms with E-state index in [9.17, 15) is 0 Å². The van der Waals surface area contributed by atoms with Crippen LogP contribution in [-0.2, 0) is 6.42 Å². The molecule has 0 saturated carbocycles. The molecule has 0 bridgehead atoms. The Bertz CT molecular complexity index is 514. The van der Waals surface area contributed by atoms with Gasteiger partial charge in [-0.1, -0.05) is 37.3 Å². The van der Waals surface area contributed by atoms with Crippen LogP contribution in [0, 0.1) is 13.8 Å². The summed E-state index contributed by atoms with van der Waals surface area (Å²) in [5.74, 6) is 0.572. The lowest BCUT2D eigenvalue weighted by molar-refractivity contribution is 0.548. The summed E-state index contributed by atoms with van der Waals surface area (Å²) in [6.07, 6.45) is 3.42. The maximum absolute atomic E-state index is 4.67. The average molecular weight is 302 g/mol. The summed E-state index contributed by atoms with van der Waals surface area (Å²) in [6.45, 7) is 8.63. The van der Waals surface area contributed by atoms with E-state index in [-0.39, 0.29) is 0 Å². The Morgan fingerprint density at radius 3 is 2.57 bits per heavy atom. The first kappa shape index (κ1) is 16.2. The highest BCUT2D eigenvalue weighted by atomic mass is 32.1. The van der Waals surface area contributed by atoms with Gasteiger partial charge in [0.25, 0.3) is 0 Å². The minimum atomic E-state index is 0.572. The molecule has 1 aromatic carbocycles. The predicted molar refractivity (Wildman–Crippen MR) is 92.3 cm³/mol. The van der Waals surface area contributed by atoms with E-state index >= 15 is 0 Å². The van der Waals surface area contributed by atoms with Crippen molar-refractivity contribution in [1.82, 2.24) is 10.3 Å². The summed E-state index contributed by atoms with van der Waals surface area (Å²) in [5.41, 5.74) is 2.63. The van der Waals surface area contributed by atoms with Gasteiger partial charge in [0, 0.05) is 11.4 Å². The number of thiazole rings is 1. The summed E-state index contributed by atoms with van der Waals surface area (Å²) in [4.78, 5) is 6.02. The minimum Gasteiger partial charge on any atom is -0.316 e. The molecule has 3 heteroatoms. The fourth-order valence-corrected chi connectivity index (χ4v) is 3.46. The summed E-state index contributed by atoms with van der Waals surface area (Å²) >= 11 is 1.85. The number of rotatable bonds is 8. The van der Waals surface area contributed by atoms with Crippen LogP contribution in [0.4, 0.5) is 0 Å². The van der Waals surface area contributed by atoms with Gasteiger partial charge in [-0.15, -0.1) is 11.3 Å². The Kier molecular flexibility index (Phi) is 6.40. The third kappa shape index (κ3) is 4.94. The Morgan fingerprint density at radius 2 is 1.95 bits per heavy atom. The summed E-state index contributed by atoms with van der Waals surface area (Å²) in [5, 5.41) is 4.85. The molecule has 2 aromatic rings. The molecular weight excluding hydrogens is 276 g/mol. The molecule has 0 radical (unpaired) electrons. The molecule has 1 heterocycles. The zero-order valence-electron chi connectivity index (χ0n) is 13.4. The third-order valence-electron chi connectivity index (χ3n) is 3.87. The molecule has 0 amide bonds. The smallest absolute Gasteiger partial charge is 0.0931 e. The maximum atomic E-state index is 4.67. The molecule has 0 aliphatic rings. The second-order valence-electron chi connectivity index (χ2n) is 5.60. The molecule has 1 atom stereocenters. The van der Waals surface area contributed by atoms with Crippen molar-refractivity contribution in [1.29, 1.82) is 0 Å². The van der Waals surface area contributed by atoms with E-state index in [1.807, 2.05) is 11.3 Å². The fraction of sp³-hybridized carbons (Fsp3) is 0.500. The first-order valence-electron chi connectivity index (χ1n) is 7.89. The van der Waals surface area contributed by atoms with Crippen molar-refractivity contribution in [2.24, 2.45) is 0 Å². The largest absolute Gasteiger partial charge is 0.316 e. The molecule has 114 valence electrons. The van der Waals surface area contributed by atoms with Gasteiger partial charge in [-0.05, 0) is 51.1 Å². The number of aromatic nitrogens is 1. The van der Waals surface area contributed by atoms with E-state index in [2.05, 4.69) is 61.4 Å². The normalized spacial score (nSPS) is 12.5. The molecule has 2 nitrogen and oxygen atoms in total. The molecule has 0 saturated heterocycles. The van der Waals surface area contributed by atoms with Gasteiger partial charge in [0.1, 0.15) is 0 Å². The predicted octanol–water partition coefficient (Wildman–Crippen LogP) is 4.48. The Morgan fingerprint density at radius 1 is 1.19 bits per heavy atom. The van der Waals surface area contributed by atoms with Gasteiger partial charge < -0.3 is 5.32 Å². The lowest BCUT2D eigenvalue weighted by Gasteiger charge is -2.17. The van der Waals surface area contributed by atoms with Gasteiger partial charge >= 0.3 is 0 Å². The number of hydrogen-bond acceptors (Lipinski definition) is 3. The molecule has 21 heavy (non-hydrogen) atoms. The van der Waals surface area contributed by atoms with E-state index in [4.69, 9.17) is 0 Å². The van der Waals surface area contributed by atoms with Crippen LogP contribution in [0.1, 0.15) is 46.8 Å². The van der Waals surface area contributed by atoms with Crippen LogP contribution in [0.15, 0.2) is 30.3 Å². The number of hydrogen-bond donors (Lipinski definition) is 1. The fourth-order valence-electron chi connectivity index (χ4n) is 2.51. The van der Waals surface area contributed by atoms with Crippen molar-refractivity contribution in [3.8, 4) is 0 Å². The van der Waals surface area contributed by atoms with Crippen molar-refractivity contribution < 1.29 is 0 Å². The number of nitrogens with zero attached hydrogens (tertiary/aromatic N) is 1. The SMILES string of the molecule is CCCNCC(CCc1nc(C)c(C)s1)c1ccccc1. The number of benzene rings is 1. The van der Waals surface area contributed by atoms with Gasteiger partial charge in [-0.25, -0.2) is 4.98 Å². The van der Waals surface area contributed by atoms with Crippen molar-refractivity contribution in [2.45, 2.75) is 46.0 Å². The van der Waals surface area contributed by atoms with E-state index in [0.29, 0.717) is 5.92 Å². The van der Waals surface area contributed by atoms with Gasteiger partial charge in [-0.2, -0.15) is 0 Å². The summed E-state index contributed by atoms with van der Waals surface area (Å²) in [7, 11) is 0. The van der Waals surface area contributed by atoms with Gasteiger partial charge in [0.2, 0.25) is 0 Å². The van der Waals surface area contributed by atoms with Crippen LogP contribution in [0.2, 0.25) is 0 Å². The molecule has 1 unspecified atom stereocenters. The molecule has 0 fully saturated rings. The van der Waals surface area contributed by atoms with Crippen LogP contribution >= 0.6 is 11.3 Å². The van der Waals surface area contributed by atoms with Crippen molar-refractivity contribution >= 4 is 11.3 Å². The monoisotopic (exact) mass is 302 g/mol. The lowest BCUT2D eigenvalue weighted by atomic mass is 9.94. The zero-order valence-corrected chi connectivity index (χ0v) is 14.2. The van der Waals surface area contributed by atoms with Crippen LogP contribution in [0.25, 0.3) is 0 Å². The van der Waals surface area contributed by atoms with Crippen molar-refractivity contribution in [3.05, 3.63) is 51.5 Å². The first-order chi connectivity index (χ1) is 10.2. The number of aryl methyl sites for hydroxylation is 3. The summed E-state index contributed by atoms with van der Waals surface area (Å²) in [6, 6.07) is 10.9. The number of nitrogens with one attached hydrogen (secondary N) is 1.